The van der Waals surface area contributed by atoms with Gasteiger partial charge >= 0.3 is 0 Å². The quantitative estimate of drug-likeness (QED) is 0.544. The van der Waals surface area contributed by atoms with Crippen LogP contribution >= 0.6 is 11.6 Å². The molecule has 168 valence electrons. The number of nitrogens with one attached hydrogen (secondary N) is 1. The zero-order valence-electron chi connectivity index (χ0n) is 17.8. The number of sulfonamides is 1. The Labute approximate surface area is 193 Å². The molecule has 0 radical (unpaired) electrons. The van der Waals surface area contributed by atoms with Crippen LogP contribution in [0.5, 0.6) is 5.75 Å². The molecule has 1 N–H and O–H groups in total. The molecular formula is C23H25ClN4O3S. The van der Waals surface area contributed by atoms with Crippen molar-refractivity contribution in [3.05, 3.63) is 59.6 Å². The molecule has 0 unspecified atom stereocenters. The van der Waals surface area contributed by atoms with E-state index >= 15 is 0 Å². The number of nitrogens with zero attached hydrogens (tertiary/aromatic N) is 3. The lowest BCUT2D eigenvalue weighted by molar-refractivity contribution is 0.403. The highest BCUT2D eigenvalue weighted by Crippen LogP contribution is 2.29. The lowest BCUT2D eigenvalue weighted by Crippen LogP contribution is -2.25. The van der Waals surface area contributed by atoms with E-state index in [1.54, 1.807) is 18.2 Å². The van der Waals surface area contributed by atoms with E-state index in [0.29, 0.717) is 10.7 Å². The number of rotatable bonds is 6. The normalized spacial score (nSPS) is 14.6. The van der Waals surface area contributed by atoms with Crippen LogP contribution in [0.25, 0.3) is 11.3 Å². The molecule has 0 bridgehead atoms. The molecular weight excluding hydrogens is 448 g/mol. The highest BCUT2D eigenvalue weighted by atomic mass is 35.5. The van der Waals surface area contributed by atoms with Gasteiger partial charge in [-0.05, 0) is 55.3 Å². The van der Waals surface area contributed by atoms with Crippen molar-refractivity contribution in [2.24, 2.45) is 0 Å². The van der Waals surface area contributed by atoms with Crippen molar-refractivity contribution >= 4 is 33.1 Å². The Morgan fingerprint density at radius 1 is 0.938 bits per heavy atom. The maximum absolute atomic E-state index is 12.8. The fourth-order valence-electron chi connectivity index (χ4n) is 3.73. The minimum absolute atomic E-state index is 0.0217. The number of anilines is 2. The summed E-state index contributed by atoms with van der Waals surface area (Å²) in [6.07, 6.45) is 4.90. The second-order valence-corrected chi connectivity index (χ2v) is 9.74. The highest BCUT2D eigenvalue weighted by Gasteiger charge is 2.20. The minimum Gasteiger partial charge on any atom is -0.495 e. The zero-order chi connectivity index (χ0) is 22.6. The molecule has 1 aliphatic heterocycles. The van der Waals surface area contributed by atoms with Crippen LogP contribution in [0.1, 0.15) is 25.7 Å². The van der Waals surface area contributed by atoms with E-state index < -0.39 is 10.0 Å². The molecule has 3 aromatic rings. The Morgan fingerprint density at radius 2 is 1.66 bits per heavy atom. The third-order valence-electron chi connectivity index (χ3n) is 5.43. The first-order valence-corrected chi connectivity index (χ1v) is 12.4. The van der Waals surface area contributed by atoms with E-state index in [0.717, 1.165) is 30.2 Å². The van der Waals surface area contributed by atoms with Gasteiger partial charge in [0.15, 0.2) is 5.82 Å². The molecule has 32 heavy (non-hydrogen) atoms. The van der Waals surface area contributed by atoms with Crippen molar-refractivity contribution in [3.63, 3.8) is 0 Å². The maximum atomic E-state index is 12.8. The molecule has 1 fully saturated rings. The fraction of sp³-hybridized carbons (Fsp3) is 0.304. The van der Waals surface area contributed by atoms with Crippen molar-refractivity contribution in [2.75, 3.05) is 29.8 Å². The molecule has 0 saturated carbocycles. The number of benzene rings is 2. The highest BCUT2D eigenvalue weighted by molar-refractivity contribution is 7.92. The van der Waals surface area contributed by atoms with Crippen molar-refractivity contribution in [2.45, 2.75) is 30.6 Å². The number of aromatic nitrogens is 2. The molecule has 9 heteroatoms. The summed E-state index contributed by atoms with van der Waals surface area (Å²) < 4.78 is 33.4. The Balaban J connectivity index is 1.49. The Kier molecular flexibility index (Phi) is 6.81. The monoisotopic (exact) mass is 472 g/mol. The summed E-state index contributed by atoms with van der Waals surface area (Å²) >= 11 is 5.98. The van der Waals surface area contributed by atoms with Gasteiger partial charge in [0.2, 0.25) is 0 Å². The smallest absolute Gasteiger partial charge is 0.265 e. The molecule has 4 rings (SSSR count). The molecule has 1 aliphatic rings. The molecule has 1 saturated heterocycles. The first-order chi connectivity index (χ1) is 15.5. The number of hydrogen-bond acceptors (Lipinski definition) is 6. The van der Waals surface area contributed by atoms with Crippen LogP contribution in [0, 0.1) is 0 Å². The van der Waals surface area contributed by atoms with Crippen LogP contribution in [-0.2, 0) is 10.0 Å². The van der Waals surface area contributed by atoms with Crippen LogP contribution < -0.4 is 14.4 Å². The molecule has 1 aromatic heterocycles. The number of methoxy groups -OCH3 is 1. The molecule has 7 nitrogen and oxygen atoms in total. The second kappa shape index (κ2) is 9.75. The number of hydrogen-bond donors (Lipinski definition) is 1. The largest absolute Gasteiger partial charge is 0.495 e. The van der Waals surface area contributed by atoms with Crippen LogP contribution in [0.3, 0.4) is 0 Å². The van der Waals surface area contributed by atoms with E-state index in [4.69, 9.17) is 16.3 Å². The van der Waals surface area contributed by atoms with Gasteiger partial charge in [0, 0.05) is 29.4 Å². The summed E-state index contributed by atoms with van der Waals surface area (Å²) in [5.74, 6) is 1.12. The maximum Gasteiger partial charge on any atom is 0.265 e. The van der Waals surface area contributed by atoms with Gasteiger partial charge in [-0.25, -0.2) is 8.42 Å². The Hall–Kier alpha value is -2.84. The minimum atomic E-state index is -3.87. The summed E-state index contributed by atoms with van der Waals surface area (Å²) in [5.41, 5.74) is 2.00. The van der Waals surface area contributed by atoms with Crippen LogP contribution in [0.2, 0.25) is 5.02 Å². The molecule has 0 spiro atoms. The topological polar surface area (TPSA) is 84.4 Å². The van der Waals surface area contributed by atoms with Crippen molar-refractivity contribution in [1.29, 1.82) is 0 Å². The lowest BCUT2D eigenvalue weighted by Gasteiger charge is -2.20. The average Bonchev–Trinajstić information content (AvgIpc) is 3.09. The molecule has 0 atom stereocenters. The zero-order valence-corrected chi connectivity index (χ0v) is 19.4. The van der Waals surface area contributed by atoms with Crippen LogP contribution in [0.15, 0.2) is 59.5 Å². The van der Waals surface area contributed by atoms with E-state index in [2.05, 4.69) is 19.8 Å². The predicted octanol–water partition coefficient (Wildman–Crippen LogP) is 4.99. The first kappa shape index (κ1) is 22.4. The molecule has 2 aromatic carbocycles. The summed E-state index contributed by atoms with van der Waals surface area (Å²) in [6, 6.07) is 15.4. The molecule has 0 aliphatic carbocycles. The van der Waals surface area contributed by atoms with E-state index in [9.17, 15) is 8.42 Å². The van der Waals surface area contributed by atoms with Gasteiger partial charge in [0.1, 0.15) is 10.6 Å². The van der Waals surface area contributed by atoms with Gasteiger partial charge in [0.25, 0.3) is 10.0 Å². The molecule has 2 heterocycles. The van der Waals surface area contributed by atoms with Crippen molar-refractivity contribution in [1.82, 2.24) is 10.2 Å². The van der Waals surface area contributed by atoms with Crippen LogP contribution in [0.4, 0.5) is 11.5 Å². The third kappa shape index (κ3) is 5.14. The SMILES string of the molecule is COc1ccc(Cl)cc1S(=O)(=O)Nc1ccc(-c2ccc(N3CCCCCC3)nn2)cc1. The second-order valence-electron chi connectivity index (χ2n) is 7.66. The Morgan fingerprint density at radius 3 is 2.28 bits per heavy atom. The summed E-state index contributed by atoms with van der Waals surface area (Å²) in [6.45, 7) is 2.03. The van der Waals surface area contributed by atoms with Gasteiger partial charge in [0.05, 0.1) is 12.8 Å². The van der Waals surface area contributed by atoms with Gasteiger partial charge in [-0.15, -0.1) is 10.2 Å². The first-order valence-electron chi connectivity index (χ1n) is 10.5. The standard InChI is InChI=1S/C23H25ClN4O3S/c1-31-21-12-8-18(24)16-22(21)32(29,30)27-19-9-6-17(7-10-19)20-11-13-23(26-25-20)28-14-4-2-3-5-15-28/h6-13,16,27H,2-5,14-15H2,1H3. The number of halogens is 1. The van der Waals surface area contributed by atoms with Gasteiger partial charge in [-0.2, -0.15) is 0 Å². The van der Waals surface area contributed by atoms with Crippen molar-refractivity contribution < 1.29 is 13.2 Å². The number of ether oxygens (including phenoxy) is 1. The lowest BCUT2D eigenvalue weighted by atomic mass is 10.1. The van der Waals surface area contributed by atoms with Crippen LogP contribution in [-0.4, -0.2) is 38.8 Å². The summed E-state index contributed by atoms with van der Waals surface area (Å²) in [7, 11) is -2.46. The van der Waals surface area contributed by atoms with E-state index in [-0.39, 0.29) is 10.6 Å². The van der Waals surface area contributed by atoms with E-state index in [1.807, 2.05) is 24.3 Å². The Bertz CT molecular complexity index is 1160. The summed E-state index contributed by atoms with van der Waals surface area (Å²) in [5, 5.41) is 9.09. The average molecular weight is 473 g/mol. The predicted molar refractivity (Wildman–Crippen MR) is 127 cm³/mol. The molecule has 0 amide bonds. The van der Waals surface area contributed by atoms with Gasteiger partial charge < -0.3 is 9.64 Å². The van der Waals surface area contributed by atoms with Gasteiger partial charge in [-0.1, -0.05) is 36.6 Å². The van der Waals surface area contributed by atoms with Crippen molar-refractivity contribution in [3.8, 4) is 17.0 Å². The third-order valence-corrected chi connectivity index (χ3v) is 7.07. The van der Waals surface area contributed by atoms with E-state index in [1.165, 1.54) is 44.9 Å². The summed E-state index contributed by atoms with van der Waals surface area (Å²) in [4.78, 5) is 2.26. The van der Waals surface area contributed by atoms with Gasteiger partial charge in [-0.3, -0.25) is 4.72 Å². The fourth-order valence-corrected chi connectivity index (χ4v) is 5.22.